The minimum absolute atomic E-state index is 0.0189. The SMILES string of the molecule is CCN1CCN(c2ccc(CO)cc2C#N)CC1C. The molecule has 19 heavy (non-hydrogen) atoms. The number of nitrogens with zero attached hydrogens (tertiary/aromatic N) is 3. The minimum atomic E-state index is -0.0189. The van der Waals surface area contributed by atoms with E-state index < -0.39 is 0 Å². The molecular formula is C15H21N3O. The Labute approximate surface area is 114 Å². The van der Waals surface area contributed by atoms with Crippen molar-refractivity contribution in [3.8, 4) is 6.07 Å². The third-order valence-electron chi connectivity index (χ3n) is 3.88. The monoisotopic (exact) mass is 259 g/mol. The van der Waals surface area contributed by atoms with Crippen LogP contribution in [0.25, 0.3) is 0 Å². The molecule has 0 spiro atoms. The average molecular weight is 259 g/mol. The Morgan fingerprint density at radius 3 is 2.79 bits per heavy atom. The van der Waals surface area contributed by atoms with Gasteiger partial charge in [0.05, 0.1) is 17.9 Å². The van der Waals surface area contributed by atoms with E-state index in [1.54, 1.807) is 6.07 Å². The minimum Gasteiger partial charge on any atom is -0.392 e. The van der Waals surface area contributed by atoms with Gasteiger partial charge in [0, 0.05) is 25.7 Å². The van der Waals surface area contributed by atoms with E-state index in [2.05, 4.69) is 29.7 Å². The Hall–Kier alpha value is -1.57. The van der Waals surface area contributed by atoms with E-state index in [4.69, 9.17) is 5.11 Å². The smallest absolute Gasteiger partial charge is 0.101 e. The number of benzene rings is 1. The zero-order valence-corrected chi connectivity index (χ0v) is 11.6. The van der Waals surface area contributed by atoms with Gasteiger partial charge in [0.15, 0.2) is 0 Å². The van der Waals surface area contributed by atoms with Gasteiger partial charge in [0.1, 0.15) is 6.07 Å². The summed E-state index contributed by atoms with van der Waals surface area (Å²) in [5, 5.41) is 18.4. The van der Waals surface area contributed by atoms with Crippen molar-refractivity contribution in [3.63, 3.8) is 0 Å². The van der Waals surface area contributed by atoms with Gasteiger partial charge in [-0.05, 0) is 31.2 Å². The molecule has 1 fully saturated rings. The van der Waals surface area contributed by atoms with Crippen molar-refractivity contribution < 1.29 is 5.11 Å². The Morgan fingerprint density at radius 2 is 2.21 bits per heavy atom. The molecule has 2 rings (SSSR count). The van der Waals surface area contributed by atoms with Gasteiger partial charge in [-0.3, -0.25) is 4.90 Å². The molecule has 1 heterocycles. The highest BCUT2D eigenvalue weighted by molar-refractivity contribution is 5.60. The highest BCUT2D eigenvalue weighted by Crippen LogP contribution is 2.24. The number of piperazine rings is 1. The van der Waals surface area contributed by atoms with Crippen molar-refractivity contribution in [1.82, 2.24) is 4.90 Å². The van der Waals surface area contributed by atoms with Crippen molar-refractivity contribution in [2.24, 2.45) is 0 Å². The van der Waals surface area contributed by atoms with Crippen LogP contribution in [0, 0.1) is 11.3 Å². The third-order valence-corrected chi connectivity index (χ3v) is 3.88. The van der Waals surface area contributed by atoms with E-state index in [1.807, 2.05) is 12.1 Å². The predicted molar refractivity (Wildman–Crippen MR) is 76.0 cm³/mol. The molecule has 1 aliphatic heterocycles. The lowest BCUT2D eigenvalue weighted by atomic mass is 10.1. The maximum Gasteiger partial charge on any atom is 0.101 e. The fourth-order valence-electron chi connectivity index (χ4n) is 2.73. The van der Waals surface area contributed by atoms with Crippen LogP contribution < -0.4 is 4.90 Å². The van der Waals surface area contributed by atoms with Crippen LogP contribution in [0.2, 0.25) is 0 Å². The van der Waals surface area contributed by atoms with Crippen molar-refractivity contribution in [3.05, 3.63) is 29.3 Å². The second kappa shape index (κ2) is 6.05. The molecule has 1 N–H and O–H groups in total. The molecular weight excluding hydrogens is 238 g/mol. The van der Waals surface area contributed by atoms with E-state index >= 15 is 0 Å². The topological polar surface area (TPSA) is 50.5 Å². The molecule has 4 heteroatoms. The molecule has 4 nitrogen and oxygen atoms in total. The van der Waals surface area contributed by atoms with Gasteiger partial charge >= 0.3 is 0 Å². The number of aliphatic hydroxyl groups is 1. The molecule has 1 atom stereocenters. The van der Waals surface area contributed by atoms with E-state index in [-0.39, 0.29) is 6.61 Å². The van der Waals surface area contributed by atoms with Crippen LogP contribution in [0.3, 0.4) is 0 Å². The lowest BCUT2D eigenvalue weighted by molar-refractivity contribution is 0.199. The Kier molecular flexibility index (Phi) is 4.41. The number of aliphatic hydroxyl groups excluding tert-OH is 1. The summed E-state index contributed by atoms with van der Waals surface area (Å²) in [6, 6.07) is 8.38. The molecule has 0 radical (unpaired) electrons. The van der Waals surface area contributed by atoms with Crippen molar-refractivity contribution in [2.45, 2.75) is 26.5 Å². The summed E-state index contributed by atoms with van der Waals surface area (Å²) in [4.78, 5) is 4.72. The number of nitriles is 1. The standard InChI is InChI=1S/C15H21N3O/c1-3-17-6-7-18(10-12(17)2)15-5-4-13(11-19)8-14(15)9-16/h4-5,8,12,19H,3,6-7,10-11H2,1-2H3. The number of hydrogen-bond donors (Lipinski definition) is 1. The summed E-state index contributed by atoms with van der Waals surface area (Å²) < 4.78 is 0. The normalized spacial score (nSPS) is 20.3. The molecule has 1 aromatic carbocycles. The van der Waals surface area contributed by atoms with Gasteiger partial charge in [-0.25, -0.2) is 0 Å². The van der Waals surface area contributed by atoms with Crippen LogP contribution in [0.4, 0.5) is 5.69 Å². The van der Waals surface area contributed by atoms with Gasteiger partial charge in [0.25, 0.3) is 0 Å². The fourth-order valence-corrected chi connectivity index (χ4v) is 2.73. The Bertz CT molecular complexity index is 481. The van der Waals surface area contributed by atoms with Crippen LogP contribution in [-0.2, 0) is 6.61 Å². The van der Waals surface area contributed by atoms with Gasteiger partial charge in [0.2, 0.25) is 0 Å². The zero-order chi connectivity index (χ0) is 13.8. The maximum atomic E-state index is 9.26. The second-order valence-electron chi connectivity index (χ2n) is 5.05. The van der Waals surface area contributed by atoms with E-state index in [0.717, 1.165) is 37.4 Å². The predicted octanol–water partition coefficient (Wildman–Crippen LogP) is 1.58. The summed E-state index contributed by atoms with van der Waals surface area (Å²) >= 11 is 0. The molecule has 0 aromatic heterocycles. The van der Waals surface area contributed by atoms with Crippen LogP contribution in [0.15, 0.2) is 18.2 Å². The summed E-state index contributed by atoms with van der Waals surface area (Å²) in [6.07, 6.45) is 0. The largest absolute Gasteiger partial charge is 0.392 e. The summed E-state index contributed by atoms with van der Waals surface area (Å²) in [7, 11) is 0. The molecule has 0 bridgehead atoms. The number of hydrogen-bond acceptors (Lipinski definition) is 4. The highest BCUT2D eigenvalue weighted by Gasteiger charge is 2.23. The van der Waals surface area contributed by atoms with E-state index in [0.29, 0.717) is 11.6 Å². The summed E-state index contributed by atoms with van der Waals surface area (Å²) in [6.45, 7) is 8.39. The molecule has 0 saturated carbocycles. The quantitative estimate of drug-likeness (QED) is 0.895. The molecule has 102 valence electrons. The third kappa shape index (κ3) is 2.89. The first-order valence-corrected chi connectivity index (χ1v) is 6.82. The number of anilines is 1. The van der Waals surface area contributed by atoms with E-state index in [1.165, 1.54) is 0 Å². The molecule has 1 saturated heterocycles. The number of rotatable bonds is 3. The maximum absolute atomic E-state index is 9.26. The first-order chi connectivity index (χ1) is 9.19. The van der Waals surface area contributed by atoms with Gasteiger partial charge in [-0.1, -0.05) is 13.0 Å². The van der Waals surface area contributed by atoms with Crippen molar-refractivity contribution in [1.29, 1.82) is 5.26 Å². The van der Waals surface area contributed by atoms with Gasteiger partial charge in [-0.2, -0.15) is 5.26 Å². The lowest BCUT2D eigenvalue weighted by Gasteiger charge is -2.40. The molecule has 0 aliphatic carbocycles. The zero-order valence-electron chi connectivity index (χ0n) is 11.6. The highest BCUT2D eigenvalue weighted by atomic mass is 16.3. The lowest BCUT2D eigenvalue weighted by Crippen LogP contribution is -2.51. The van der Waals surface area contributed by atoms with E-state index in [9.17, 15) is 5.26 Å². The van der Waals surface area contributed by atoms with Crippen LogP contribution >= 0.6 is 0 Å². The second-order valence-corrected chi connectivity index (χ2v) is 5.05. The Balaban J connectivity index is 2.21. The summed E-state index contributed by atoms with van der Waals surface area (Å²) in [5.41, 5.74) is 2.44. The Morgan fingerprint density at radius 1 is 1.42 bits per heavy atom. The molecule has 1 aliphatic rings. The summed E-state index contributed by atoms with van der Waals surface area (Å²) in [5.74, 6) is 0. The molecule has 1 aromatic rings. The van der Waals surface area contributed by atoms with Crippen molar-refractivity contribution >= 4 is 5.69 Å². The van der Waals surface area contributed by atoms with Crippen molar-refractivity contribution in [2.75, 3.05) is 31.1 Å². The van der Waals surface area contributed by atoms with Crippen LogP contribution in [0.1, 0.15) is 25.0 Å². The van der Waals surface area contributed by atoms with Crippen LogP contribution in [0.5, 0.6) is 0 Å². The molecule has 0 amide bonds. The van der Waals surface area contributed by atoms with Gasteiger partial charge < -0.3 is 10.0 Å². The first-order valence-electron chi connectivity index (χ1n) is 6.82. The number of likely N-dealkylation sites (N-methyl/N-ethyl adjacent to an activating group) is 1. The fraction of sp³-hybridized carbons (Fsp3) is 0.533. The average Bonchev–Trinajstić information content (AvgIpc) is 2.46. The molecule has 1 unspecified atom stereocenters. The van der Waals surface area contributed by atoms with Crippen LogP contribution in [-0.4, -0.2) is 42.2 Å². The first kappa shape index (κ1) is 13.9. The van der Waals surface area contributed by atoms with Gasteiger partial charge in [-0.15, -0.1) is 0 Å².